The summed E-state index contributed by atoms with van der Waals surface area (Å²) in [5, 5.41) is 10.7. The number of hydrogen-bond donors (Lipinski definition) is 3. The lowest BCUT2D eigenvalue weighted by atomic mass is 10.0. The molecule has 0 aromatic heterocycles. The van der Waals surface area contributed by atoms with Crippen LogP contribution >= 0.6 is 23.8 Å². The molecule has 0 saturated carbocycles. The van der Waals surface area contributed by atoms with E-state index in [2.05, 4.69) is 20.9 Å². The maximum atomic E-state index is 12.9. The Morgan fingerprint density at radius 1 is 1.30 bits per heavy atom. The van der Waals surface area contributed by atoms with Crippen LogP contribution in [0.2, 0.25) is 5.02 Å². The Morgan fingerprint density at radius 2 is 2.09 bits per heavy atom. The van der Waals surface area contributed by atoms with Crippen molar-refractivity contribution < 1.29 is 14.3 Å². The van der Waals surface area contributed by atoms with E-state index in [1.54, 1.807) is 19.2 Å². The third-order valence-electron chi connectivity index (χ3n) is 6.81. The van der Waals surface area contributed by atoms with Crippen molar-refractivity contribution >= 4 is 46.4 Å². The van der Waals surface area contributed by atoms with Gasteiger partial charge in [-0.25, -0.2) is 0 Å². The van der Waals surface area contributed by atoms with Crippen LogP contribution in [0.4, 0.5) is 5.69 Å². The monoisotopic (exact) mass is 493 g/mol. The highest BCUT2D eigenvalue weighted by atomic mass is 35.5. The summed E-state index contributed by atoms with van der Waals surface area (Å²) < 4.78 is 5.28. The molecular formula is C23H32ClN5O3S. The van der Waals surface area contributed by atoms with Gasteiger partial charge in [0.1, 0.15) is 0 Å². The predicted octanol–water partition coefficient (Wildman–Crippen LogP) is 1.99. The van der Waals surface area contributed by atoms with Gasteiger partial charge in [0.25, 0.3) is 0 Å². The van der Waals surface area contributed by atoms with Crippen molar-refractivity contribution in [2.75, 3.05) is 38.7 Å². The van der Waals surface area contributed by atoms with Gasteiger partial charge in [0.2, 0.25) is 11.8 Å². The number of anilines is 1. The second-order valence-corrected chi connectivity index (χ2v) is 9.87. The van der Waals surface area contributed by atoms with Crippen LogP contribution in [0.1, 0.15) is 32.1 Å². The number of piperazine rings is 1. The molecule has 0 spiro atoms. The maximum absolute atomic E-state index is 12.9. The summed E-state index contributed by atoms with van der Waals surface area (Å²) in [4.78, 5) is 29.6. The minimum Gasteiger partial charge on any atom is -0.383 e. The normalized spacial score (nSPS) is 27.2. The van der Waals surface area contributed by atoms with Gasteiger partial charge < -0.3 is 25.6 Å². The standard InChI is InChI=1S/C23H32ClN5O3S/c1-32-14-19-3-2-10-28(19)21(30)9-8-18-12-25-22(31)20-11-17(13-29(18)20)27-23(33)26-16-6-4-15(24)5-7-16/h4-7,17-20H,2-3,8-14H2,1H3,(H,25,31)(H2,26,27,33)/t17-,18+,19-,20-/m0/s1. The van der Waals surface area contributed by atoms with E-state index in [0.717, 1.165) is 38.0 Å². The van der Waals surface area contributed by atoms with E-state index in [9.17, 15) is 9.59 Å². The molecule has 3 fully saturated rings. The molecule has 4 atom stereocenters. The number of carbonyl (C=O) groups is 2. The average Bonchev–Trinajstić information content (AvgIpc) is 3.43. The molecule has 2 amide bonds. The van der Waals surface area contributed by atoms with Crippen molar-refractivity contribution in [1.29, 1.82) is 0 Å². The summed E-state index contributed by atoms with van der Waals surface area (Å²) in [5.41, 5.74) is 0.857. The van der Waals surface area contributed by atoms with Crippen LogP contribution in [0.5, 0.6) is 0 Å². The van der Waals surface area contributed by atoms with Crippen LogP contribution in [0.3, 0.4) is 0 Å². The first-order chi connectivity index (χ1) is 15.9. The van der Waals surface area contributed by atoms with Crippen LogP contribution in [-0.2, 0) is 14.3 Å². The van der Waals surface area contributed by atoms with E-state index in [-0.39, 0.29) is 36.0 Å². The molecule has 1 aromatic carbocycles. The van der Waals surface area contributed by atoms with Crippen molar-refractivity contribution in [1.82, 2.24) is 20.4 Å². The van der Waals surface area contributed by atoms with Gasteiger partial charge in [-0.1, -0.05) is 11.6 Å². The van der Waals surface area contributed by atoms with Gasteiger partial charge in [0, 0.05) is 56.0 Å². The van der Waals surface area contributed by atoms with E-state index in [1.807, 2.05) is 17.0 Å². The molecule has 8 nitrogen and oxygen atoms in total. The molecule has 0 aliphatic carbocycles. The minimum atomic E-state index is -0.192. The molecule has 3 N–H and O–H groups in total. The predicted molar refractivity (Wildman–Crippen MR) is 132 cm³/mol. The fraction of sp³-hybridized carbons (Fsp3) is 0.609. The Bertz CT molecular complexity index is 870. The van der Waals surface area contributed by atoms with Crippen molar-refractivity contribution in [2.24, 2.45) is 0 Å². The highest BCUT2D eigenvalue weighted by molar-refractivity contribution is 7.80. The molecule has 3 saturated heterocycles. The summed E-state index contributed by atoms with van der Waals surface area (Å²) in [7, 11) is 1.68. The number of likely N-dealkylation sites (tertiary alicyclic amines) is 1. The van der Waals surface area contributed by atoms with E-state index < -0.39 is 0 Å². The second-order valence-electron chi connectivity index (χ2n) is 9.03. The van der Waals surface area contributed by atoms with Gasteiger partial charge in [-0.2, -0.15) is 0 Å². The topological polar surface area (TPSA) is 85.9 Å². The number of amides is 2. The summed E-state index contributed by atoms with van der Waals surface area (Å²) in [5.74, 6) is 0.239. The Morgan fingerprint density at radius 3 is 2.85 bits per heavy atom. The molecule has 0 radical (unpaired) electrons. The number of benzene rings is 1. The number of ether oxygens (including phenoxy) is 1. The van der Waals surface area contributed by atoms with Gasteiger partial charge in [-0.05, 0) is 62.2 Å². The molecule has 180 valence electrons. The zero-order valence-electron chi connectivity index (χ0n) is 18.9. The first-order valence-corrected chi connectivity index (χ1v) is 12.4. The second kappa shape index (κ2) is 11.0. The van der Waals surface area contributed by atoms with Crippen LogP contribution in [0.15, 0.2) is 24.3 Å². The molecule has 4 rings (SSSR count). The van der Waals surface area contributed by atoms with Crippen molar-refractivity contribution in [3.8, 4) is 0 Å². The Labute approximate surface area is 205 Å². The smallest absolute Gasteiger partial charge is 0.237 e. The van der Waals surface area contributed by atoms with Crippen LogP contribution in [-0.4, -0.2) is 84.2 Å². The third-order valence-corrected chi connectivity index (χ3v) is 7.28. The molecule has 33 heavy (non-hydrogen) atoms. The molecule has 10 heteroatoms. The maximum Gasteiger partial charge on any atom is 0.237 e. The summed E-state index contributed by atoms with van der Waals surface area (Å²) >= 11 is 11.4. The molecule has 3 aliphatic rings. The number of rotatable bonds is 7. The van der Waals surface area contributed by atoms with E-state index in [1.165, 1.54) is 0 Å². The SMILES string of the molecule is COC[C@@H]1CCCN1C(=O)CC[C@@H]1CNC(=O)[C@@H]2C[C@H](NC(=S)Nc3ccc(Cl)cc3)CN12. The zero-order chi connectivity index (χ0) is 23.4. The Kier molecular flexibility index (Phi) is 8.06. The molecule has 0 unspecified atom stereocenters. The average molecular weight is 494 g/mol. The van der Waals surface area contributed by atoms with Gasteiger partial charge in [0.05, 0.1) is 18.7 Å². The molecular weight excluding hydrogens is 462 g/mol. The van der Waals surface area contributed by atoms with E-state index in [4.69, 9.17) is 28.6 Å². The lowest BCUT2D eigenvalue weighted by Crippen LogP contribution is -2.58. The number of fused-ring (bicyclic) bond motifs is 1. The fourth-order valence-corrected chi connectivity index (χ4v) is 5.61. The van der Waals surface area contributed by atoms with Gasteiger partial charge in [-0.15, -0.1) is 0 Å². The van der Waals surface area contributed by atoms with Crippen LogP contribution in [0, 0.1) is 0 Å². The minimum absolute atomic E-state index is 0.0538. The Balaban J connectivity index is 1.30. The molecule has 3 heterocycles. The van der Waals surface area contributed by atoms with Gasteiger partial charge >= 0.3 is 0 Å². The summed E-state index contributed by atoms with van der Waals surface area (Å²) in [6.45, 7) is 2.70. The lowest BCUT2D eigenvalue weighted by Gasteiger charge is -2.37. The highest BCUT2D eigenvalue weighted by Gasteiger charge is 2.43. The summed E-state index contributed by atoms with van der Waals surface area (Å²) in [6, 6.07) is 7.55. The largest absolute Gasteiger partial charge is 0.383 e. The third kappa shape index (κ3) is 5.95. The quantitative estimate of drug-likeness (QED) is 0.501. The van der Waals surface area contributed by atoms with Crippen molar-refractivity contribution in [3.05, 3.63) is 29.3 Å². The highest BCUT2D eigenvalue weighted by Crippen LogP contribution is 2.27. The number of carbonyl (C=O) groups excluding carboxylic acids is 2. The van der Waals surface area contributed by atoms with Crippen molar-refractivity contribution in [3.63, 3.8) is 0 Å². The lowest BCUT2D eigenvalue weighted by molar-refractivity contribution is -0.133. The van der Waals surface area contributed by atoms with Crippen LogP contribution < -0.4 is 16.0 Å². The van der Waals surface area contributed by atoms with Gasteiger partial charge in [0.15, 0.2) is 5.11 Å². The molecule has 3 aliphatic heterocycles. The number of nitrogens with one attached hydrogen (secondary N) is 3. The summed E-state index contributed by atoms with van der Waals surface area (Å²) in [6.07, 6.45) is 3.93. The van der Waals surface area contributed by atoms with Crippen molar-refractivity contribution in [2.45, 2.75) is 56.3 Å². The number of hydrogen-bond acceptors (Lipinski definition) is 5. The first kappa shape index (κ1) is 24.2. The Hall–Kier alpha value is -1.94. The first-order valence-electron chi connectivity index (χ1n) is 11.6. The fourth-order valence-electron chi connectivity index (χ4n) is 5.20. The van der Waals surface area contributed by atoms with E-state index in [0.29, 0.717) is 36.1 Å². The zero-order valence-corrected chi connectivity index (χ0v) is 20.5. The number of methoxy groups -OCH3 is 1. The molecule has 1 aromatic rings. The van der Waals surface area contributed by atoms with E-state index >= 15 is 0 Å². The number of halogens is 1. The number of thiocarbonyl (C=S) groups is 1. The molecule has 0 bridgehead atoms. The number of nitrogens with zero attached hydrogens (tertiary/aromatic N) is 2. The van der Waals surface area contributed by atoms with Crippen LogP contribution in [0.25, 0.3) is 0 Å². The van der Waals surface area contributed by atoms with Gasteiger partial charge in [-0.3, -0.25) is 14.5 Å².